The van der Waals surface area contributed by atoms with Crippen molar-refractivity contribution in [2.24, 2.45) is 5.92 Å². The minimum atomic E-state index is -1.06. The zero-order chi connectivity index (χ0) is 22.3. The van der Waals surface area contributed by atoms with Crippen molar-refractivity contribution >= 4 is 39.9 Å². The molecule has 0 fully saturated rings. The fraction of sp³-hybridized carbons (Fsp3) is 0.174. The first-order valence-corrected chi connectivity index (χ1v) is 9.74. The average Bonchev–Trinajstić information content (AvgIpc) is 2.74. The van der Waals surface area contributed by atoms with Crippen LogP contribution < -0.4 is 5.32 Å². The van der Waals surface area contributed by atoms with Crippen LogP contribution in [0.2, 0.25) is 0 Å². The Hall–Kier alpha value is -4.07. The number of nitrogens with zero attached hydrogens (tertiary/aromatic N) is 2. The lowest BCUT2D eigenvalue weighted by molar-refractivity contribution is -0.384. The van der Waals surface area contributed by atoms with E-state index in [1.807, 2.05) is 12.1 Å². The van der Waals surface area contributed by atoms with Crippen LogP contribution in [-0.2, 0) is 4.79 Å². The molecule has 156 valence electrons. The van der Waals surface area contributed by atoms with Crippen molar-refractivity contribution in [1.82, 2.24) is 4.90 Å². The van der Waals surface area contributed by atoms with Crippen molar-refractivity contribution in [2.45, 2.75) is 19.9 Å². The first kappa shape index (κ1) is 20.2. The molecule has 0 saturated carbocycles. The summed E-state index contributed by atoms with van der Waals surface area (Å²) in [4.78, 5) is 51.0. The van der Waals surface area contributed by atoms with Crippen LogP contribution >= 0.6 is 0 Å². The Bertz CT molecular complexity index is 1180. The molecule has 1 atom stereocenters. The van der Waals surface area contributed by atoms with E-state index < -0.39 is 28.7 Å². The van der Waals surface area contributed by atoms with Gasteiger partial charge >= 0.3 is 0 Å². The van der Waals surface area contributed by atoms with Gasteiger partial charge in [-0.25, -0.2) is 0 Å². The maximum atomic E-state index is 13.3. The Morgan fingerprint density at radius 1 is 0.935 bits per heavy atom. The fourth-order valence-electron chi connectivity index (χ4n) is 3.90. The summed E-state index contributed by atoms with van der Waals surface area (Å²) in [5.74, 6) is -1.95. The van der Waals surface area contributed by atoms with Gasteiger partial charge in [0.2, 0.25) is 5.91 Å². The highest BCUT2D eigenvalue weighted by atomic mass is 16.6. The summed E-state index contributed by atoms with van der Waals surface area (Å²) in [6, 6.07) is 14.8. The molecule has 0 spiro atoms. The summed E-state index contributed by atoms with van der Waals surface area (Å²) < 4.78 is 0. The number of amides is 3. The second kappa shape index (κ2) is 7.64. The number of nitro benzene ring substituents is 1. The lowest BCUT2D eigenvalue weighted by Crippen LogP contribution is -2.54. The highest BCUT2D eigenvalue weighted by Crippen LogP contribution is 2.32. The minimum absolute atomic E-state index is 0.107. The van der Waals surface area contributed by atoms with Crippen LogP contribution in [0, 0.1) is 16.0 Å². The molecule has 3 amide bonds. The molecule has 3 aromatic rings. The smallest absolute Gasteiger partial charge is 0.269 e. The van der Waals surface area contributed by atoms with E-state index in [1.54, 1.807) is 38.1 Å². The number of carbonyl (C=O) groups is 3. The molecule has 31 heavy (non-hydrogen) atoms. The zero-order valence-electron chi connectivity index (χ0n) is 16.9. The van der Waals surface area contributed by atoms with Crippen LogP contribution in [0.4, 0.5) is 11.4 Å². The summed E-state index contributed by atoms with van der Waals surface area (Å²) >= 11 is 0. The van der Waals surface area contributed by atoms with Crippen LogP contribution in [0.1, 0.15) is 34.6 Å². The summed E-state index contributed by atoms with van der Waals surface area (Å²) in [6.45, 7) is 3.50. The maximum Gasteiger partial charge on any atom is 0.269 e. The number of carbonyl (C=O) groups excluding carboxylic acids is 3. The van der Waals surface area contributed by atoms with Crippen LogP contribution in [-0.4, -0.2) is 33.6 Å². The average molecular weight is 417 g/mol. The molecule has 8 heteroatoms. The summed E-state index contributed by atoms with van der Waals surface area (Å²) in [5, 5.41) is 14.9. The van der Waals surface area contributed by atoms with Crippen LogP contribution in [0.5, 0.6) is 0 Å². The van der Waals surface area contributed by atoms with E-state index >= 15 is 0 Å². The molecule has 4 rings (SSSR count). The first-order chi connectivity index (χ1) is 14.8. The third-order valence-electron chi connectivity index (χ3n) is 5.33. The molecule has 1 aliphatic rings. The molecule has 1 heterocycles. The third kappa shape index (κ3) is 3.42. The summed E-state index contributed by atoms with van der Waals surface area (Å²) in [7, 11) is 0. The van der Waals surface area contributed by atoms with E-state index in [9.17, 15) is 24.5 Å². The molecule has 0 aromatic heterocycles. The Morgan fingerprint density at radius 2 is 1.48 bits per heavy atom. The van der Waals surface area contributed by atoms with Gasteiger partial charge in [-0.1, -0.05) is 38.1 Å². The van der Waals surface area contributed by atoms with Gasteiger partial charge in [0, 0.05) is 34.3 Å². The second-order valence-electron chi connectivity index (χ2n) is 7.67. The molecule has 0 aliphatic carbocycles. The lowest BCUT2D eigenvalue weighted by Gasteiger charge is -2.35. The predicted octanol–water partition coefficient (Wildman–Crippen LogP) is 4.01. The van der Waals surface area contributed by atoms with Crippen molar-refractivity contribution in [3.63, 3.8) is 0 Å². The summed E-state index contributed by atoms with van der Waals surface area (Å²) in [5.41, 5.74) is 0.980. The van der Waals surface area contributed by atoms with Crippen molar-refractivity contribution < 1.29 is 19.3 Å². The molecular weight excluding hydrogens is 398 g/mol. The monoisotopic (exact) mass is 417 g/mol. The van der Waals surface area contributed by atoms with Gasteiger partial charge in [0.15, 0.2) is 0 Å². The number of anilines is 1. The number of nitrogens with one attached hydrogen (secondary N) is 1. The van der Waals surface area contributed by atoms with Crippen LogP contribution in [0.25, 0.3) is 10.8 Å². The number of nitro groups is 1. The Kier molecular flexibility index (Phi) is 4.98. The van der Waals surface area contributed by atoms with Gasteiger partial charge < -0.3 is 5.32 Å². The normalized spacial score (nSPS) is 14.1. The Morgan fingerprint density at radius 3 is 1.97 bits per heavy atom. The molecule has 8 nitrogen and oxygen atoms in total. The van der Waals surface area contributed by atoms with E-state index in [-0.39, 0.29) is 11.6 Å². The SMILES string of the molecule is CC(C)[C@H](C(=O)Nc1ccc([N+](=O)[O-])cc1)N1C(=O)c2cccc3cccc(c23)C1=O. The molecule has 0 saturated heterocycles. The number of hydrogen-bond acceptors (Lipinski definition) is 5. The molecule has 3 aromatic carbocycles. The maximum absolute atomic E-state index is 13.3. The third-order valence-corrected chi connectivity index (χ3v) is 5.33. The largest absolute Gasteiger partial charge is 0.324 e. The predicted molar refractivity (Wildman–Crippen MR) is 115 cm³/mol. The number of hydrogen-bond donors (Lipinski definition) is 1. The molecular formula is C23H19N3O5. The van der Waals surface area contributed by atoms with E-state index in [2.05, 4.69) is 5.32 Å². The van der Waals surface area contributed by atoms with Crippen LogP contribution in [0.3, 0.4) is 0 Å². The number of non-ortho nitro benzene ring substituents is 1. The van der Waals surface area contributed by atoms with Crippen molar-refractivity contribution in [1.29, 1.82) is 0 Å². The first-order valence-electron chi connectivity index (χ1n) is 9.74. The quantitative estimate of drug-likeness (QED) is 0.383. The second-order valence-corrected chi connectivity index (χ2v) is 7.67. The Balaban J connectivity index is 1.70. The fourth-order valence-corrected chi connectivity index (χ4v) is 3.90. The Labute approximate surface area is 177 Å². The molecule has 1 aliphatic heterocycles. The van der Waals surface area contributed by atoms with Crippen molar-refractivity contribution in [2.75, 3.05) is 5.32 Å². The van der Waals surface area contributed by atoms with Gasteiger partial charge in [0.05, 0.1) is 4.92 Å². The van der Waals surface area contributed by atoms with Gasteiger partial charge in [-0.15, -0.1) is 0 Å². The number of imide groups is 1. The molecule has 0 unspecified atom stereocenters. The highest BCUT2D eigenvalue weighted by molar-refractivity contribution is 6.26. The zero-order valence-corrected chi connectivity index (χ0v) is 16.9. The van der Waals surface area contributed by atoms with Gasteiger partial charge in [-0.05, 0) is 35.6 Å². The standard InChI is InChI=1S/C23H19N3O5/c1-13(2)20(21(27)24-15-9-11-16(12-10-15)26(30)31)25-22(28)17-7-3-5-14-6-4-8-18(19(14)17)23(25)29/h3-13,20H,1-2H3,(H,24,27)/t20-/m1/s1. The van der Waals surface area contributed by atoms with Gasteiger partial charge in [0.25, 0.3) is 17.5 Å². The van der Waals surface area contributed by atoms with Crippen molar-refractivity contribution in [3.8, 4) is 0 Å². The topological polar surface area (TPSA) is 110 Å². The molecule has 0 radical (unpaired) electrons. The molecule has 0 bridgehead atoms. The highest BCUT2D eigenvalue weighted by Gasteiger charge is 2.41. The lowest BCUT2D eigenvalue weighted by atomic mass is 9.91. The number of rotatable bonds is 5. The van der Waals surface area contributed by atoms with Crippen LogP contribution in [0.15, 0.2) is 60.7 Å². The van der Waals surface area contributed by atoms with Crippen molar-refractivity contribution in [3.05, 3.63) is 81.9 Å². The van der Waals surface area contributed by atoms with E-state index in [0.717, 1.165) is 10.3 Å². The van der Waals surface area contributed by atoms with E-state index in [4.69, 9.17) is 0 Å². The van der Waals surface area contributed by atoms with Gasteiger partial charge in [-0.2, -0.15) is 0 Å². The number of benzene rings is 3. The van der Waals surface area contributed by atoms with E-state index in [1.165, 1.54) is 24.3 Å². The molecule has 1 N–H and O–H groups in total. The van der Waals surface area contributed by atoms with Gasteiger partial charge in [-0.3, -0.25) is 29.4 Å². The van der Waals surface area contributed by atoms with Gasteiger partial charge in [0.1, 0.15) is 6.04 Å². The minimum Gasteiger partial charge on any atom is -0.324 e. The van der Waals surface area contributed by atoms with E-state index in [0.29, 0.717) is 22.2 Å². The summed E-state index contributed by atoms with van der Waals surface area (Å²) in [6.07, 6.45) is 0.